The maximum Gasteiger partial charge on any atom is 0.320 e. The van der Waals surface area contributed by atoms with Gasteiger partial charge in [-0.05, 0) is 13.5 Å². The van der Waals surface area contributed by atoms with Gasteiger partial charge in [-0.3, -0.25) is 14.4 Å². The Bertz CT molecular complexity index is 424. The summed E-state index contributed by atoms with van der Waals surface area (Å²) in [5.74, 6) is -1.63. The lowest BCUT2D eigenvalue weighted by Gasteiger charge is -2.09. The quantitative estimate of drug-likeness (QED) is 0.161. The molecule has 0 aromatic heterocycles. The van der Waals surface area contributed by atoms with Gasteiger partial charge in [0, 0.05) is 26.1 Å². The van der Waals surface area contributed by atoms with Gasteiger partial charge < -0.3 is 41.0 Å². The van der Waals surface area contributed by atoms with Crippen molar-refractivity contribution in [1.29, 1.82) is 0 Å². The van der Waals surface area contributed by atoms with Crippen LogP contribution in [-0.2, 0) is 28.6 Å². The largest absolute Gasteiger partial charge is 0.480 e. The summed E-state index contributed by atoms with van der Waals surface area (Å²) < 4.78 is 15.7. The van der Waals surface area contributed by atoms with Crippen LogP contribution in [0.25, 0.3) is 0 Å². The first-order chi connectivity index (χ1) is 13.0. The molecule has 0 bridgehead atoms. The molecule has 2 amide bonds. The molecule has 27 heavy (non-hydrogen) atoms. The van der Waals surface area contributed by atoms with Gasteiger partial charge in [-0.15, -0.1) is 0 Å². The molecule has 0 aromatic carbocycles. The molecule has 11 nitrogen and oxygen atoms in total. The number of rotatable bonds is 18. The molecule has 11 heteroatoms. The van der Waals surface area contributed by atoms with Crippen LogP contribution in [0.1, 0.15) is 12.8 Å². The summed E-state index contributed by atoms with van der Waals surface area (Å²) in [6.45, 7) is 3.32. The van der Waals surface area contributed by atoms with Crippen molar-refractivity contribution < 1.29 is 33.7 Å². The number of hydrogen-bond acceptors (Lipinski definition) is 8. The molecule has 6 N–H and O–H groups in total. The number of carboxylic acid groups (broad SMARTS) is 1. The van der Waals surface area contributed by atoms with Crippen molar-refractivity contribution in [2.24, 2.45) is 5.73 Å². The van der Waals surface area contributed by atoms with E-state index in [1.807, 2.05) is 7.05 Å². The minimum absolute atomic E-state index is 0.0478. The lowest BCUT2D eigenvalue weighted by Crippen LogP contribution is -2.33. The average Bonchev–Trinajstić information content (AvgIpc) is 2.64. The highest BCUT2D eigenvalue weighted by atomic mass is 16.5. The zero-order chi connectivity index (χ0) is 20.3. The first-order valence-electron chi connectivity index (χ1n) is 8.87. The van der Waals surface area contributed by atoms with E-state index in [2.05, 4.69) is 16.0 Å². The van der Waals surface area contributed by atoms with Crippen LogP contribution >= 0.6 is 0 Å². The molecule has 0 aliphatic rings. The molecule has 158 valence electrons. The minimum Gasteiger partial charge on any atom is -0.480 e. The highest BCUT2D eigenvalue weighted by Gasteiger charge is 2.13. The average molecular weight is 392 g/mol. The lowest BCUT2D eigenvalue weighted by molar-refractivity contribution is -0.138. The van der Waals surface area contributed by atoms with Crippen LogP contribution in [0, 0.1) is 0 Å². The molecule has 0 saturated heterocycles. The molecule has 1 atom stereocenters. The monoisotopic (exact) mass is 392 g/mol. The molecule has 0 spiro atoms. The molecular weight excluding hydrogens is 360 g/mol. The second kappa shape index (κ2) is 17.6. The van der Waals surface area contributed by atoms with E-state index in [0.717, 1.165) is 6.54 Å². The lowest BCUT2D eigenvalue weighted by atomic mass is 10.1. The molecule has 0 saturated carbocycles. The van der Waals surface area contributed by atoms with Gasteiger partial charge in [-0.1, -0.05) is 0 Å². The first-order valence-corrected chi connectivity index (χ1v) is 8.87. The highest BCUT2D eigenvalue weighted by molar-refractivity contribution is 5.78. The smallest absolute Gasteiger partial charge is 0.320 e. The molecule has 0 aliphatic heterocycles. The molecule has 0 rings (SSSR count). The Balaban J connectivity index is 3.35. The van der Waals surface area contributed by atoms with E-state index >= 15 is 0 Å². The fraction of sp³-hybridized carbons (Fsp3) is 0.812. The van der Waals surface area contributed by atoms with Crippen LogP contribution < -0.4 is 21.7 Å². The Labute approximate surface area is 159 Å². The molecule has 0 aromatic rings. The van der Waals surface area contributed by atoms with Gasteiger partial charge in [0.2, 0.25) is 11.8 Å². The van der Waals surface area contributed by atoms with Crippen molar-refractivity contribution >= 4 is 17.8 Å². The second-order valence-electron chi connectivity index (χ2n) is 5.56. The van der Waals surface area contributed by atoms with E-state index < -0.39 is 12.0 Å². The van der Waals surface area contributed by atoms with Gasteiger partial charge in [0.05, 0.1) is 33.0 Å². The summed E-state index contributed by atoms with van der Waals surface area (Å²) in [6.07, 6.45) is 0.131. The number of hydrogen-bond donors (Lipinski definition) is 5. The molecule has 0 radical (unpaired) electrons. The SMILES string of the molecule is CNCCOCCNC(=O)COCCOCCNC(=O)CCC(N)C(=O)O. The van der Waals surface area contributed by atoms with E-state index in [-0.39, 0.29) is 44.5 Å². The maximum absolute atomic E-state index is 11.5. The van der Waals surface area contributed by atoms with Gasteiger partial charge in [-0.25, -0.2) is 0 Å². The number of amides is 2. The fourth-order valence-electron chi connectivity index (χ4n) is 1.74. The van der Waals surface area contributed by atoms with Crippen LogP contribution in [-0.4, -0.2) is 95.3 Å². The third-order valence-electron chi connectivity index (χ3n) is 3.24. The Morgan fingerprint density at radius 1 is 0.889 bits per heavy atom. The number of carbonyl (C=O) groups is 3. The Hall–Kier alpha value is -1.79. The number of nitrogens with two attached hydrogens (primary N) is 1. The fourth-order valence-corrected chi connectivity index (χ4v) is 1.74. The van der Waals surface area contributed by atoms with Crippen LogP contribution in [0.3, 0.4) is 0 Å². The van der Waals surface area contributed by atoms with Gasteiger partial charge >= 0.3 is 5.97 Å². The summed E-state index contributed by atoms with van der Waals surface area (Å²) in [7, 11) is 1.84. The summed E-state index contributed by atoms with van der Waals surface area (Å²) in [5, 5.41) is 16.8. The van der Waals surface area contributed by atoms with Crippen LogP contribution in [0.5, 0.6) is 0 Å². The normalized spacial score (nSPS) is 11.8. The van der Waals surface area contributed by atoms with Crippen LogP contribution in [0.4, 0.5) is 0 Å². The zero-order valence-electron chi connectivity index (χ0n) is 15.8. The van der Waals surface area contributed by atoms with Gasteiger partial charge in [0.25, 0.3) is 0 Å². The number of ether oxygens (including phenoxy) is 3. The Kier molecular flexibility index (Phi) is 16.4. The number of likely N-dealkylation sites (N-methyl/N-ethyl adjacent to an activating group) is 1. The topological polar surface area (TPSA) is 161 Å². The van der Waals surface area contributed by atoms with Crippen molar-refractivity contribution in [2.45, 2.75) is 18.9 Å². The van der Waals surface area contributed by atoms with E-state index in [1.54, 1.807) is 0 Å². The summed E-state index contributed by atoms with van der Waals surface area (Å²) in [5.41, 5.74) is 5.31. The summed E-state index contributed by atoms with van der Waals surface area (Å²) in [4.78, 5) is 33.4. The van der Waals surface area contributed by atoms with Crippen molar-refractivity contribution in [3.8, 4) is 0 Å². The van der Waals surface area contributed by atoms with E-state index in [0.29, 0.717) is 32.9 Å². The summed E-state index contributed by atoms with van der Waals surface area (Å²) in [6, 6.07) is -1.03. The third-order valence-corrected chi connectivity index (χ3v) is 3.24. The van der Waals surface area contributed by atoms with Crippen molar-refractivity contribution in [2.75, 3.05) is 66.3 Å². The number of aliphatic carboxylic acids is 1. The van der Waals surface area contributed by atoms with Crippen molar-refractivity contribution in [1.82, 2.24) is 16.0 Å². The number of carbonyl (C=O) groups excluding carboxylic acids is 2. The van der Waals surface area contributed by atoms with Crippen LogP contribution in [0.15, 0.2) is 0 Å². The van der Waals surface area contributed by atoms with Gasteiger partial charge in [0.1, 0.15) is 12.6 Å². The minimum atomic E-state index is -1.13. The molecule has 0 heterocycles. The van der Waals surface area contributed by atoms with E-state index in [1.165, 1.54) is 0 Å². The number of nitrogens with one attached hydrogen (secondary N) is 3. The maximum atomic E-state index is 11.5. The van der Waals surface area contributed by atoms with Gasteiger partial charge in [-0.2, -0.15) is 0 Å². The molecule has 1 unspecified atom stereocenters. The zero-order valence-corrected chi connectivity index (χ0v) is 15.8. The first kappa shape index (κ1) is 25.2. The van der Waals surface area contributed by atoms with Crippen molar-refractivity contribution in [3.05, 3.63) is 0 Å². The summed E-state index contributed by atoms with van der Waals surface area (Å²) >= 11 is 0. The van der Waals surface area contributed by atoms with Gasteiger partial charge in [0.15, 0.2) is 0 Å². The van der Waals surface area contributed by atoms with Crippen molar-refractivity contribution in [3.63, 3.8) is 0 Å². The number of carboxylic acids is 1. The van der Waals surface area contributed by atoms with E-state index in [9.17, 15) is 14.4 Å². The molecule has 0 fully saturated rings. The second-order valence-corrected chi connectivity index (χ2v) is 5.56. The van der Waals surface area contributed by atoms with Crippen LogP contribution in [0.2, 0.25) is 0 Å². The van der Waals surface area contributed by atoms with E-state index in [4.69, 9.17) is 25.1 Å². The predicted octanol–water partition coefficient (Wildman–Crippen LogP) is -2.32. The highest BCUT2D eigenvalue weighted by Crippen LogP contribution is 1.94. The molecular formula is C16H32N4O7. The third kappa shape index (κ3) is 17.4. The standard InChI is InChI=1S/C16H32N4O7/c1-18-4-7-25-8-6-20-15(22)12-27-11-10-26-9-5-19-14(21)3-2-13(17)16(23)24/h13,18H,2-12,17H2,1H3,(H,19,21)(H,20,22)(H,23,24). The Morgan fingerprint density at radius 3 is 2.07 bits per heavy atom. The predicted molar refractivity (Wildman–Crippen MR) is 97.2 cm³/mol. The Morgan fingerprint density at radius 2 is 1.44 bits per heavy atom. The molecule has 0 aliphatic carbocycles.